The molecule has 92 valence electrons. The van der Waals surface area contributed by atoms with Gasteiger partial charge in [0.1, 0.15) is 0 Å². The molecule has 0 aliphatic rings. The highest BCUT2D eigenvalue weighted by Crippen LogP contribution is 2.20. The van der Waals surface area contributed by atoms with Gasteiger partial charge < -0.3 is 9.88 Å². The molecule has 2 aromatic rings. The Bertz CT molecular complexity index is 435. The van der Waals surface area contributed by atoms with Crippen molar-refractivity contribution < 1.29 is 0 Å². The van der Waals surface area contributed by atoms with Gasteiger partial charge in [-0.2, -0.15) is 0 Å². The Morgan fingerprint density at radius 1 is 1.53 bits per heavy atom. The van der Waals surface area contributed by atoms with Gasteiger partial charge in [0.2, 0.25) is 0 Å². The zero-order valence-electron chi connectivity index (χ0n) is 10.3. The minimum absolute atomic E-state index is 0.394. The molecule has 0 spiro atoms. The molecular formula is C12H18N4S. The van der Waals surface area contributed by atoms with E-state index in [-0.39, 0.29) is 0 Å². The van der Waals surface area contributed by atoms with Gasteiger partial charge in [0.25, 0.3) is 0 Å². The van der Waals surface area contributed by atoms with E-state index in [0.29, 0.717) is 6.04 Å². The van der Waals surface area contributed by atoms with Gasteiger partial charge in [-0.05, 0) is 26.8 Å². The van der Waals surface area contributed by atoms with E-state index >= 15 is 0 Å². The monoisotopic (exact) mass is 250 g/mol. The maximum absolute atomic E-state index is 4.27. The molecule has 0 bridgehead atoms. The normalized spacial score (nSPS) is 12.8. The molecule has 5 heteroatoms. The van der Waals surface area contributed by atoms with Gasteiger partial charge in [-0.25, -0.2) is 9.97 Å². The van der Waals surface area contributed by atoms with Crippen LogP contribution in [0.25, 0.3) is 0 Å². The number of nitrogens with zero attached hydrogens (tertiary/aromatic N) is 3. The number of aryl methyl sites for hydroxylation is 2. The summed E-state index contributed by atoms with van der Waals surface area (Å²) < 4.78 is 2.10. The summed E-state index contributed by atoms with van der Waals surface area (Å²) in [5, 5.41) is 3.52. The minimum atomic E-state index is 0.394. The third kappa shape index (κ3) is 3.38. The average Bonchev–Trinajstić information content (AvgIpc) is 2.95. The zero-order chi connectivity index (χ0) is 12.1. The van der Waals surface area contributed by atoms with Crippen LogP contribution in [0.2, 0.25) is 0 Å². The average molecular weight is 250 g/mol. The van der Waals surface area contributed by atoms with E-state index in [0.717, 1.165) is 25.2 Å². The second kappa shape index (κ2) is 5.93. The lowest BCUT2D eigenvalue weighted by Crippen LogP contribution is -2.20. The van der Waals surface area contributed by atoms with Crippen LogP contribution in [-0.4, -0.2) is 21.1 Å². The van der Waals surface area contributed by atoms with E-state index in [2.05, 4.69) is 33.7 Å². The molecule has 1 unspecified atom stereocenters. The molecule has 4 nitrogen and oxygen atoms in total. The number of aromatic nitrogens is 3. The number of imidazole rings is 1. The van der Waals surface area contributed by atoms with Crippen molar-refractivity contribution in [2.75, 3.05) is 6.54 Å². The predicted octanol–water partition coefficient (Wildman–Crippen LogP) is 2.39. The lowest BCUT2D eigenvalue weighted by Gasteiger charge is -2.12. The van der Waals surface area contributed by atoms with Crippen LogP contribution >= 0.6 is 11.3 Å². The molecule has 2 aromatic heterocycles. The summed E-state index contributed by atoms with van der Waals surface area (Å²) in [6, 6.07) is 0.394. The van der Waals surface area contributed by atoms with Crippen molar-refractivity contribution in [3.63, 3.8) is 0 Å². The summed E-state index contributed by atoms with van der Waals surface area (Å²) in [6.45, 7) is 6.28. The Hall–Kier alpha value is -1.20. The molecule has 0 aliphatic heterocycles. The topological polar surface area (TPSA) is 42.7 Å². The molecule has 0 aromatic carbocycles. The van der Waals surface area contributed by atoms with Gasteiger partial charge >= 0.3 is 0 Å². The second-order valence-corrected chi connectivity index (χ2v) is 5.02. The SMILES string of the molecule is Cc1ncsc1C(C)NCCCn1ccnc1. The molecule has 0 radical (unpaired) electrons. The highest BCUT2D eigenvalue weighted by Gasteiger charge is 2.09. The van der Waals surface area contributed by atoms with Crippen molar-refractivity contribution in [3.8, 4) is 0 Å². The summed E-state index contributed by atoms with van der Waals surface area (Å²) in [5.74, 6) is 0. The maximum atomic E-state index is 4.27. The molecule has 0 amide bonds. The van der Waals surface area contributed by atoms with E-state index in [9.17, 15) is 0 Å². The summed E-state index contributed by atoms with van der Waals surface area (Å²) in [7, 11) is 0. The predicted molar refractivity (Wildman–Crippen MR) is 70.1 cm³/mol. The quantitative estimate of drug-likeness (QED) is 0.800. The first kappa shape index (κ1) is 12.3. The molecule has 0 saturated heterocycles. The van der Waals surface area contributed by atoms with Crippen LogP contribution < -0.4 is 5.32 Å². The molecule has 1 N–H and O–H groups in total. The second-order valence-electron chi connectivity index (χ2n) is 4.13. The third-order valence-corrected chi connectivity index (χ3v) is 3.89. The number of thiazole rings is 1. The summed E-state index contributed by atoms with van der Waals surface area (Å²) in [5.41, 5.74) is 3.05. The maximum Gasteiger partial charge on any atom is 0.0945 e. The summed E-state index contributed by atoms with van der Waals surface area (Å²) >= 11 is 1.72. The first-order valence-electron chi connectivity index (χ1n) is 5.86. The van der Waals surface area contributed by atoms with Gasteiger partial charge in [-0.1, -0.05) is 0 Å². The Morgan fingerprint density at radius 2 is 2.41 bits per heavy atom. The molecular weight excluding hydrogens is 232 g/mol. The zero-order valence-corrected chi connectivity index (χ0v) is 11.1. The van der Waals surface area contributed by atoms with Crippen molar-refractivity contribution in [1.82, 2.24) is 19.9 Å². The number of rotatable bonds is 6. The Labute approximate surface area is 106 Å². The molecule has 0 aliphatic carbocycles. The van der Waals surface area contributed by atoms with Gasteiger partial charge in [0.05, 0.1) is 17.5 Å². The van der Waals surface area contributed by atoms with E-state index in [1.165, 1.54) is 4.88 Å². The fourth-order valence-electron chi connectivity index (χ4n) is 1.82. The molecule has 2 heterocycles. The molecule has 1 atom stereocenters. The van der Waals surface area contributed by atoms with Crippen molar-refractivity contribution in [1.29, 1.82) is 0 Å². The van der Waals surface area contributed by atoms with Gasteiger partial charge in [-0.3, -0.25) is 0 Å². The van der Waals surface area contributed by atoms with Gasteiger partial charge in [-0.15, -0.1) is 11.3 Å². The first-order valence-corrected chi connectivity index (χ1v) is 6.74. The largest absolute Gasteiger partial charge is 0.337 e. The number of nitrogens with one attached hydrogen (secondary N) is 1. The molecule has 2 rings (SSSR count). The van der Waals surface area contributed by atoms with Crippen LogP contribution in [0.1, 0.15) is 30.0 Å². The number of hydrogen-bond donors (Lipinski definition) is 1. The van der Waals surface area contributed by atoms with Crippen molar-refractivity contribution >= 4 is 11.3 Å². The molecule has 0 fully saturated rings. The molecule has 17 heavy (non-hydrogen) atoms. The van der Waals surface area contributed by atoms with Crippen molar-refractivity contribution in [2.45, 2.75) is 32.9 Å². The summed E-state index contributed by atoms with van der Waals surface area (Å²) in [4.78, 5) is 9.64. The third-order valence-electron chi connectivity index (χ3n) is 2.78. The van der Waals surface area contributed by atoms with E-state index in [1.807, 2.05) is 24.2 Å². The van der Waals surface area contributed by atoms with Crippen LogP contribution in [-0.2, 0) is 6.54 Å². The summed E-state index contributed by atoms with van der Waals surface area (Å²) in [6.07, 6.45) is 6.78. The lowest BCUT2D eigenvalue weighted by atomic mass is 10.2. The van der Waals surface area contributed by atoms with E-state index < -0.39 is 0 Å². The lowest BCUT2D eigenvalue weighted by molar-refractivity contribution is 0.529. The smallest absolute Gasteiger partial charge is 0.0945 e. The number of hydrogen-bond acceptors (Lipinski definition) is 4. The fraction of sp³-hybridized carbons (Fsp3) is 0.500. The van der Waals surface area contributed by atoms with Crippen LogP contribution in [0.15, 0.2) is 24.2 Å². The van der Waals surface area contributed by atoms with Crippen LogP contribution in [0.4, 0.5) is 0 Å². The van der Waals surface area contributed by atoms with Gasteiger partial charge in [0.15, 0.2) is 0 Å². The van der Waals surface area contributed by atoms with Crippen LogP contribution in [0.5, 0.6) is 0 Å². The minimum Gasteiger partial charge on any atom is -0.337 e. The highest BCUT2D eigenvalue weighted by atomic mass is 32.1. The molecule has 0 saturated carbocycles. The Balaban J connectivity index is 1.70. The van der Waals surface area contributed by atoms with E-state index in [4.69, 9.17) is 0 Å². The van der Waals surface area contributed by atoms with Crippen LogP contribution in [0.3, 0.4) is 0 Å². The highest BCUT2D eigenvalue weighted by molar-refractivity contribution is 7.09. The van der Waals surface area contributed by atoms with E-state index in [1.54, 1.807) is 11.3 Å². The van der Waals surface area contributed by atoms with Crippen molar-refractivity contribution in [3.05, 3.63) is 34.8 Å². The Morgan fingerprint density at radius 3 is 3.06 bits per heavy atom. The fourth-order valence-corrected chi connectivity index (χ4v) is 2.65. The first-order chi connectivity index (χ1) is 8.27. The standard InChI is InChI=1S/C12H18N4S/c1-10(12-11(2)15-9-17-12)14-4-3-6-16-7-5-13-8-16/h5,7-10,14H,3-4,6H2,1-2H3. The van der Waals surface area contributed by atoms with Gasteiger partial charge in [0, 0.05) is 29.9 Å². The van der Waals surface area contributed by atoms with Crippen LogP contribution in [0, 0.1) is 6.92 Å². The Kier molecular flexibility index (Phi) is 4.28. The van der Waals surface area contributed by atoms with Crippen molar-refractivity contribution in [2.24, 2.45) is 0 Å².